The molecule has 146 valence electrons. The van der Waals surface area contributed by atoms with Crippen LogP contribution in [0.15, 0.2) is 51.0 Å². The molecule has 0 saturated carbocycles. The highest BCUT2D eigenvalue weighted by atomic mass is 79.9. The maximum atomic E-state index is 12.6. The molecule has 0 aliphatic carbocycles. The summed E-state index contributed by atoms with van der Waals surface area (Å²) in [4.78, 5) is 15.9. The van der Waals surface area contributed by atoms with Gasteiger partial charge in [0.25, 0.3) is 5.91 Å². The van der Waals surface area contributed by atoms with Crippen LogP contribution >= 0.6 is 55.7 Å². The molecule has 2 aromatic carbocycles. The van der Waals surface area contributed by atoms with Crippen LogP contribution < -0.4 is 4.74 Å². The van der Waals surface area contributed by atoms with Crippen LogP contribution in [0.3, 0.4) is 0 Å². The van der Waals surface area contributed by atoms with Gasteiger partial charge in [-0.2, -0.15) is 0 Å². The molecule has 0 spiro atoms. The summed E-state index contributed by atoms with van der Waals surface area (Å²) in [5, 5.41) is 1.20. The van der Waals surface area contributed by atoms with Crippen LogP contribution in [-0.4, -0.2) is 34.4 Å². The fraction of sp³-hybridized carbons (Fsp3) is 0.200. The zero-order valence-electron chi connectivity index (χ0n) is 15.2. The number of amides is 1. The zero-order valence-corrected chi connectivity index (χ0v) is 20.0. The van der Waals surface area contributed by atoms with E-state index in [1.807, 2.05) is 49.4 Å². The Hall–Kier alpha value is -1.41. The van der Waals surface area contributed by atoms with Crippen molar-refractivity contribution in [2.24, 2.45) is 0 Å². The number of ether oxygens (including phenoxy) is 1. The molecular weight excluding hydrogens is 528 g/mol. The summed E-state index contributed by atoms with van der Waals surface area (Å²) in [5.41, 5.74) is 2.41. The lowest BCUT2D eigenvalue weighted by Gasteiger charge is -2.14. The standard InChI is InChI=1S/C20H17Br2ClN2O2S/c1-3-25-19(26)17(24(2)20(25)28)10-13-8-15(21)18(16(22)9-13)27-11-12-4-6-14(23)7-5-12/h4-10H,3,11H2,1-2H3/b17-10-. The second-order valence-corrected chi connectivity index (χ2v) is 8.66. The molecule has 0 bridgehead atoms. The molecule has 0 atom stereocenters. The first kappa shape index (κ1) is 21.3. The van der Waals surface area contributed by atoms with E-state index in [9.17, 15) is 4.79 Å². The topological polar surface area (TPSA) is 32.8 Å². The number of likely N-dealkylation sites (N-methyl/N-ethyl adjacent to an activating group) is 2. The Kier molecular flexibility index (Phi) is 6.81. The fourth-order valence-electron chi connectivity index (χ4n) is 2.78. The number of hydrogen-bond acceptors (Lipinski definition) is 3. The summed E-state index contributed by atoms with van der Waals surface area (Å²) in [7, 11) is 1.80. The molecule has 1 aliphatic rings. The Labute approximate surface area is 191 Å². The van der Waals surface area contributed by atoms with Gasteiger partial charge in [0.2, 0.25) is 0 Å². The minimum atomic E-state index is -0.0923. The van der Waals surface area contributed by atoms with Gasteiger partial charge in [-0.1, -0.05) is 23.7 Å². The molecule has 1 heterocycles. The third-order valence-electron chi connectivity index (χ3n) is 4.28. The quantitative estimate of drug-likeness (QED) is 0.349. The van der Waals surface area contributed by atoms with Gasteiger partial charge >= 0.3 is 0 Å². The molecule has 0 unspecified atom stereocenters. The Bertz CT molecular complexity index is 940. The molecule has 0 aromatic heterocycles. The predicted octanol–water partition coefficient (Wildman–Crippen LogP) is 5.86. The number of benzene rings is 2. The molecule has 4 nitrogen and oxygen atoms in total. The monoisotopic (exact) mass is 542 g/mol. The molecule has 0 radical (unpaired) electrons. The summed E-state index contributed by atoms with van der Waals surface area (Å²) in [6.07, 6.45) is 1.82. The molecule has 3 rings (SSSR count). The van der Waals surface area contributed by atoms with Crippen LogP contribution in [0.1, 0.15) is 18.1 Å². The van der Waals surface area contributed by atoms with E-state index in [4.69, 9.17) is 28.6 Å². The van der Waals surface area contributed by atoms with Gasteiger partial charge in [0, 0.05) is 18.6 Å². The predicted molar refractivity (Wildman–Crippen MR) is 123 cm³/mol. The molecule has 28 heavy (non-hydrogen) atoms. The molecule has 1 fully saturated rings. The summed E-state index contributed by atoms with van der Waals surface area (Å²) in [6.45, 7) is 2.86. The van der Waals surface area contributed by atoms with Crippen molar-refractivity contribution in [2.75, 3.05) is 13.6 Å². The largest absolute Gasteiger partial charge is 0.487 e. The van der Waals surface area contributed by atoms with E-state index in [2.05, 4.69) is 31.9 Å². The molecule has 0 N–H and O–H groups in total. The highest BCUT2D eigenvalue weighted by Crippen LogP contribution is 2.36. The second-order valence-electron chi connectivity index (χ2n) is 6.15. The van der Waals surface area contributed by atoms with E-state index in [0.29, 0.717) is 34.7 Å². The van der Waals surface area contributed by atoms with E-state index in [0.717, 1.165) is 20.1 Å². The fourth-order valence-corrected chi connectivity index (χ4v) is 4.67. The van der Waals surface area contributed by atoms with Crippen LogP contribution in [0.5, 0.6) is 5.75 Å². The molecule has 1 aliphatic heterocycles. The van der Waals surface area contributed by atoms with Crippen molar-refractivity contribution in [3.05, 3.63) is 67.2 Å². The Morgan fingerprint density at radius 3 is 2.32 bits per heavy atom. The summed E-state index contributed by atoms with van der Waals surface area (Å²) >= 11 is 18.4. The number of nitrogens with zero attached hydrogens (tertiary/aromatic N) is 2. The van der Waals surface area contributed by atoms with Crippen LogP contribution in [-0.2, 0) is 11.4 Å². The van der Waals surface area contributed by atoms with Crippen molar-refractivity contribution in [3.63, 3.8) is 0 Å². The number of rotatable bonds is 5. The minimum absolute atomic E-state index is 0.0923. The molecular formula is C20H17Br2ClN2O2S. The maximum Gasteiger partial charge on any atom is 0.276 e. The SMILES string of the molecule is CCN1C(=O)/C(=C/c2cc(Br)c(OCc3ccc(Cl)cc3)c(Br)c2)N(C)C1=S. The molecule has 8 heteroatoms. The van der Waals surface area contributed by atoms with Crippen molar-refractivity contribution in [2.45, 2.75) is 13.5 Å². The van der Waals surface area contributed by atoms with Crippen molar-refractivity contribution in [1.82, 2.24) is 9.80 Å². The first-order valence-corrected chi connectivity index (χ1v) is 10.9. The van der Waals surface area contributed by atoms with Gasteiger partial charge in [0.15, 0.2) is 5.11 Å². The van der Waals surface area contributed by atoms with E-state index in [-0.39, 0.29) is 5.91 Å². The van der Waals surface area contributed by atoms with Crippen molar-refractivity contribution >= 4 is 72.8 Å². The minimum Gasteiger partial charge on any atom is -0.487 e. The van der Waals surface area contributed by atoms with Gasteiger partial charge < -0.3 is 9.64 Å². The summed E-state index contributed by atoms with van der Waals surface area (Å²) in [6, 6.07) is 11.3. The average molecular weight is 545 g/mol. The Morgan fingerprint density at radius 2 is 1.79 bits per heavy atom. The van der Waals surface area contributed by atoms with Crippen LogP contribution in [0.25, 0.3) is 6.08 Å². The van der Waals surface area contributed by atoms with Gasteiger partial charge in [-0.3, -0.25) is 9.69 Å². The summed E-state index contributed by atoms with van der Waals surface area (Å²) in [5.74, 6) is 0.596. The Balaban J connectivity index is 1.83. The van der Waals surface area contributed by atoms with Gasteiger partial charge in [-0.25, -0.2) is 0 Å². The number of halogens is 3. The summed E-state index contributed by atoms with van der Waals surface area (Å²) < 4.78 is 7.51. The molecule has 2 aromatic rings. The van der Waals surface area contributed by atoms with Gasteiger partial charge in [0.1, 0.15) is 18.1 Å². The highest BCUT2D eigenvalue weighted by molar-refractivity contribution is 9.11. The van der Waals surface area contributed by atoms with Crippen LogP contribution in [0, 0.1) is 0 Å². The normalized spacial score (nSPS) is 15.7. The third kappa shape index (κ3) is 4.43. The molecule has 1 amide bonds. The maximum absolute atomic E-state index is 12.6. The average Bonchev–Trinajstić information content (AvgIpc) is 2.85. The number of carbonyl (C=O) groups excluding carboxylic acids is 1. The van der Waals surface area contributed by atoms with E-state index < -0.39 is 0 Å². The van der Waals surface area contributed by atoms with Crippen LogP contribution in [0.4, 0.5) is 0 Å². The number of hydrogen-bond donors (Lipinski definition) is 0. The van der Waals surface area contributed by atoms with Gasteiger partial charge in [-0.15, -0.1) is 0 Å². The first-order chi connectivity index (χ1) is 13.3. The van der Waals surface area contributed by atoms with Gasteiger partial charge in [-0.05, 0) is 92.5 Å². The second kappa shape index (κ2) is 8.95. The number of carbonyl (C=O) groups is 1. The van der Waals surface area contributed by atoms with E-state index in [1.165, 1.54) is 0 Å². The lowest BCUT2D eigenvalue weighted by atomic mass is 10.1. The van der Waals surface area contributed by atoms with Gasteiger partial charge in [0.05, 0.1) is 8.95 Å². The number of thiocarbonyl (C=S) groups is 1. The zero-order chi connectivity index (χ0) is 20.4. The van der Waals surface area contributed by atoms with Crippen molar-refractivity contribution in [1.29, 1.82) is 0 Å². The van der Waals surface area contributed by atoms with Crippen molar-refractivity contribution in [3.8, 4) is 5.75 Å². The smallest absolute Gasteiger partial charge is 0.276 e. The third-order valence-corrected chi connectivity index (χ3v) is 6.20. The van der Waals surface area contributed by atoms with Crippen molar-refractivity contribution < 1.29 is 9.53 Å². The molecule has 1 saturated heterocycles. The van der Waals surface area contributed by atoms with E-state index >= 15 is 0 Å². The van der Waals surface area contributed by atoms with Crippen LogP contribution in [0.2, 0.25) is 5.02 Å². The first-order valence-electron chi connectivity index (χ1n) is 8.49. The lowest BCUT2D eigenvalue weighted by molar-refractivity contribution is -0.122. The van der Waals surface area contributed by atoms with E-state index in [1.54, 1.807) is 16.8 Å². The highest BCUT2D eigenvalue weighted by Gasteiger charge is 2.34. The lowest BCUT2D eigenvalue weighted by Crippen LogP contribution is -2.30. The Morgan fingerprint density at radius 1 is 1.18 bits per heavy atom.